The fourth-order valence-electron chi connectivity index (χ4n) is 5.15. The SMILES string of the molecule is CC/C=C/C/C=C/C=C/C(O)CCCCCCCC(=O)OC[C@H](COP(=O)(O)O)OC(=O)CCCCCCCCCCCCCC(C)C. The molecule has 0 heterocycles. The van der Waals surface area contributed by atoms with Gasteiger partial charge in [-0.2, -0.15) is 0 Å². The van der Waals surface area contributed by atoms with E-state index in [0.717, 1.165) is 63.7 Å². The molecular formula is C38H69O9P. The van der Waals surface area contributed by atoms with Crippen molar-refractivity contribution in [3.8, 4) is 0 Å². The van der Waals surface area contributed by atoms with Crippen LogP contribution in [-0.2, 0) is 28.2 Å². The molecule has 0 aromatic heterocycles. The standard InChI is InChI=1S/C38H69O9P/c1-4-5-6-7-13-18-23-28-35(39)29-24-19-16-21-25-30-37(40)45-32-36(33-46-48(42,43)44)47-38(41)31-26-20-15-12-10-8-9-11-14-17-22-27-34(2)3/h5-6,13,18,23,28,34-36,39H,4,7-12,14-17,19-22,24-27,29-33H2,1-3H3,(H2,42,43,44)/b6-5+,18-13+,28-23+/t35?,36-/m1/s1. The maximum absolute atomic E-state index is 12.4. The Bertz CT molecular complexity index is 910. The Kier molecular flexibility index (Phi) is 31.2. The Morgan fingerprint density at radius 2 is 1.19 bits per heavy atom. The topological polar surface area (TPSA) is 140 Å². The third-order valence-electron chi connectivity index (χ3n) is 7.96. The normalized spacial score (nSPS) is 13.6. The first-order valence-corrected chi connectivity index (χ1v) is 20.3. The van der Waals surface area contributed by atoms with Gasteiger partial charge in [-0.15, -0.1) is 0 Å². The van der Waals surface area contributed by atoms with Gasteiger partial charge in [-0.3, -0.25) is 14.1 Å². The number of carbonyl (C=O) groups excluding carboxylic acids is 2. The van der Waals surface area contributed by atoms with E-state index in [2.05, 4.69) is 37.4 Å². The van der Waals surface area contributed by atoms with Crippen molar-refractivity contribution in [2.24, 2.45) is 5.92 Å². The fourth-order valence-corrected chi connectivity index (χ4v) is 5.51. The average Bonchev–Trinajstić information content (AvgIpc) is 3.03. The van der Waals surface area contributed by atoms with Crippen LogP contribution < -0.4 is 0 Å². The molecule has 0 bridgehead atoms. The third kappa shape index (κ3) is 35.5. The smallest absolute Gasteiger partial charge is 0.462 e. The Morgan fingerprint density at radius 3 is 1.73 bits per heavy atom. The molecule has 10 heteroatoms. The summed E-state index contributed by atoms with van der Waals surface area (Å²) in [6.45, 7) is 5.77. The van der Waals surface area contributed by atoms with Crippen molar-refractivity contribution in [1.82, 2.24) is 0 Å². The van der Waals surface area contributed by atoms with Crippen LogP contribution >= 0.6 is 7.82 Å². The maximum atomic E-state index is 12.4. The fraction of sp³-hybridized carbons (Fsp3) is 0.789. The predicted molar refractivity (Wildman–Crippen MR) is 194 cm³/mol. The lowest BCUT2D eigenvalue weighted by Gasteiger charge is -2.18. The number of esters is 2. The van der Waals surface area contributed by atoms with Crippen molar-refractivity contribution < 1.29 is 43.0 Å². The van der Waals surface area contributed by atoms with E-state index in [1.807, 2.05) is 18.2 Å². The number of phosphoric ester groups is 1. The van der Waals surface area contributed by atoms with Crippen molar-refractivity contribution in [2.75, 3.05) is 13.2 Å². The molecule has 0 amide bonds. The molecular weight excluding hydrogens is 631 g/mol. The summed E-state index contributed by atoms with van der Waals surface area (Å²) < 4.78 is 26.3. The van der Waals surface area contributed by atoms with Gasteiger partial charge in [0.25, 0.3) is 0 Å². The predicted octanol–water partition coefficient (Wildman–Crippen LogP) is 9.84. The van der Waals surface area contributed by atoms with Gasteiger partial charge >= 0.3 is 19.8 Å². The number of ether oxygens (including phenoxy) is 2. The molecule has 0 saturated carbocycles. The largest absolute Gasteiger partial charge is 0.469 e. The summed E-state index contributed by atoms with van der Waals surface area (Å²) in [5.74, 6) is -0.161. The summed E-state index contributed by atoms with van der Waals surface area (Å²) in [4.78, 5) is 42.7. The monoisotopic (exact) mass is 700 g/mol. The second-order valence-corrected chi connectivity index (χ2v) is 14.4. The lowest BCUT2D eigenvalue weighted by Crippen LogP contribution is -2.29. The molecule has 2 atom stereocenters. The lowest BCUT2D eigenvalue weighted by molar-refractivity contribution is -0.161. The minimum atomic E-state index is -4.77. The zero-order valence-electron chi connectivity index (χ0n) is 30.4. The van der Waals surface area contributed by atoms with Crippen LogP contribution in [0.5, 0.6) is 0 Å². The molecule has 9 nitrogen and oxygen atoms in total. The highest BCUT2D eigenvalue weighted by Crippen LogP contribution is 2.36. The van der Waals surface area contributed by atoms with E-state index in [1.165, 1.54) is 51.4 Å². The van der Waals surface area contributed by atoms with Crippen LogP contribution in [0.25, 0.3) is 0 Å². The van der Waals surface area contributed by atoms with Gasteiger partial charge in [-0.25, -0.2) is 4.57 Å². The zero-order chi connectivity index (χ0) is 35.7. The molecule has 280 valence electrons. The molecule has 0 rings (SSSR count). The second kappa shape index (κ2) is 32.4. The van der Waals surface area contributed by atoms with Gasteiger partial charge in [-0.1, -0.05) is 154 Å². The first kappa shape index (κ1) is 46.2. The Hall–Kier alpha value is -1.77. The zero-order valence-corrected chi connectivity index (χ0v) is 31.3. The molecule has 0 aliphatic heterocycles. The average molecular weight is 701 g/mol. The Balaban J connectivity index is 4.06. The van der Waals surface area contributed by atoms with E-state index in [9.17, 15) is 19.3 Å². The van der Waals surface area contributed by atoms with Crippen molar-refractivity contribution in [2.45, 2.75) is 174 Å². The molecule has 1 unspecified atom stereocenters. The molecule has 48 heavy (non-hydrogen) atoms. The number of rotatable bonds is 33. The van der Waals surface area contributed by atoms with Gasteiger partial charge in [0.2, 0.25) is 0 Å². The molecule has 0 spiro atoms. The van der Waals surface area contributed by atoms with E-state index in [1.54, 1.807) is 6.08 Å². The number of hydrogen-bond donors (Lipinski definition) is 3. The quantitative estimate of drug-likeness (QED) is 0.0201. The molecule has 0 aliphatic rings. The number of allylic oxidation sites excluding steroid dienone is 5. The van der Waals surface area contributed by atoms with E-state index in [4.69, 9.17) is 19.3 Å². The van der Waals surface area contributed by atoms with Gasteiger partial charge in [0, 0.05) is 12.8 Å². The van der Waals surface area contributed by atoms with Gasteiger partial charge in [-0.05, 0) is 38.0 Å². The number of carbonyl (C=O) groups is 2. The number of hydrogen-bond acceptors (Lipinski definition) is 7. The van der Waals surface area contributed by atoms with Crippen LogP contribution in [0.1, 0.15) is 162 Å². The minimum Gasteiger partial charge on any atom is -0.462 e. The van der Waals surface area contributed by atoms with Crippen LogP contribution in [0.4, 0.5) is 0 Å². The maximum Gasteiger partial charge on any atom is 0.469 e. The third-order valence-corrected chi connectivity index (χ3v) is 8.44. The summed E-state index contributed by atoms with van der Waals surface area (Å²) in [5, 5.41) is 10.1. The van der Waals surface area contributed by atoms with Gasteiger partial charge in [0.15, 0.2) is 6.10 Å². The summed E-state index contributed by atoms with van der Waals surface area (Å²) in [6, 6.07) is 0. The van der Waals surface area contributed by atoms with Crippen molar-refractivity contribution >= 4 is 19.8 Å². The van der Waals surface area contributed by atoms with Gasteiger partial charge in [0.1, 0.15) is 6.61 Å². The first-order chi connectivity index (χ1) is 23.0. The van der Waals surface area contributed by atoms with Crippen molar-refractivity contribution in [3.05, 3.63) is 36.5 Å². The van der Waals surface area contributed by atoms with Crippen LogP contribution in [0, 0.1) is 5.92 Å². The summed E-state index contributed by atoms with van der Waals surface area (Å²) in [7, 11) is -4.77. The van der Waals surface area contributed by atoms with E-state index in [0.29, 0.717) is 19.3 Å². The molecule has 0 radical (unpaired) electrons. The van der Waals surface area contributed by atoms with Crippen LogP contribution in [0.3, 0.4) is 0 Å². The molecule has 3 N–H and O–H groups in total. The van der Waals surface area contributed by atoms with Crippen molar-refractivity contribution in [3.63, 3.8) is 0 Å². The highest BCUT2D eigenvalue weighted by molar-refractivity contribution is 7.46. The molecule has 0 aromatic carbocycles. The minimum absolute atomic E-state index is 0.192. The van der Waals surface area contributed by atoms with E-state index >= 15 is 0 Å². The van der Waals surface area contributed by atoms with E-state index in [-0.39, 0.29) is 19.4 Å². The molecule has 0 aliphatic carbocycles. The van der Waals surface area contributed by atoms with Crippen LogP contribution in [-0.4, -0.2) is 52.3 Å². The van der Waals surface area contributed by atoms with Crippen LogP contribution in [0.15, 0.2) is 36.5 Å². The summed E-state index contributed by atoms with van der Waals surface area (Å²) >= 11 is 0. The highest BCUT2D eigenvalue weighted by atomic mass is 31.2. The number of aliphatic hydroxyl groups excluding tert-OH is 1. The Labute approximate surface area is 292 Å². The molecule has 0 fully saturated rings. The lowest BCUT2D eigenvalue weighted by atomic mass is 10.0. The van der Waals surface area contributed by atoms with Crippen molar-refractivity contribution in [1.29, 1.82) is 0 Å². The summed E-state index contributed by atoms with van der Waals surface area (Å²) in [5.41, 5.74) is 0. The van der Waals surface area contributed by atoms with Gasteiger partial charge < -0.3 is 24.4 Å². The number of aliphatic hydroxyl groups is 1. The second-order valence-electron chi connectivity index (χ2n) is 13.2. The highest BCUT2D eigenvalue weighted by Gasteiger charge is 2.22. The molecule has 0 aromatic rings. The molecule has 0 saturated heterocycles. The van der Waals surface area contributed by atoms with Crippen LogP contribution in [0.2, 0.25) is 0 Å². The van der Waals surface area contributed by atoms with E-state index < -0.39 is 38.6 Å². The number of phosphoric acid groups is 1. The number of unbranched alkanes of at least 4 members (excludes halogenated alkanes) is 14. The summed E-state index contributed by atoms with van der Waals surface area (Å²) in [6.07, 6.45) is 31.8. The Morgan fingerprint density at radius 1 is 0.667 bits per heavy atom. The van der Waals surface area contributed by atoms with Gasteiger partial charge in [0.05, 0.1) is 12.7 Å². The first-order valence-electron chi connectivity index (χ1n) is 18.7.